The summed E-state index contributed by atoms with van der Waals surface area (Å²) in [6.45, 7) is 9.98. The quantitative estimate of drug-likeness (QED) is 0.387. The van der Waals surface area contributed by atoms with E-state index in [4.69, 9.17) is 9.47 Å². The Hall–Kier alpha value is -3.42. The summed E-state index contributed by atoms with van der Waals surface area (Å²) in [5, 5.41) is 0. The van der Waals surface area contributed by atoms with E-state index in [0.717, 1.165) is 6.07 Å². The lowest BCUT2D eigenvalue weighted by molar-refractivity contribution is 0.0585. The molecule has 1 aliphatic rings. The van der Waals surface area contributed by atoms with Crippen molar-refractivity contribution in [1.29, 1.82) is 0 Å². The Bertz CT molecular complexity index is 1040. The number of halogens is 1. The van der Waals surface area contributed by atoms with E-state index in [1.807, 2.05) is 34.6 Å². The van der Waals surface area contributed by atoms with Crippen molar-refractivity contribution in [3.63, 3.8) is 0 Å². The van der Waals surface area contributed by atoms with Crippen LogP contribution in [0, 0.1) is 5.82 Å². The number of nitrogens with zero attached hydrogens (tertiary/aromatic N) is 2. The van der Waals surface area contributed by atoms with Crippen LogP contribution in [0.3, 0.4) is 0 Å². The van der Waals surface area contributed by atoms with E-state index >= 15 is 0 Å². The number of hydrogen-bond donors (Lipinski definition) is 0. The molecule has 2 aromatic carbocycles. The van der Waals surface area contributed by atoms with E-state index in [0.29, 0.717) is 30.5 Å². The molecule has 2 aromatic rings. The molecular formula is C26H31FN2O5. The molecule has 3 amide bonds. The average Bonchev–Trinajstić information content (AvgIpc) is 3.02. The van der Waals surface area contributed by atoms with Crippen LogP contribution in [0.4, 0.5) is 9.18 Å². The van der Waals surface area contributed by atoms with E-state index in [2.05, 4.69) is 0 Å². The van der Waals surface area contributed by atoms with Gasteiger partial charge in [-0.1, -0.05) is 12.1 Å². The van der Waals surface area contributed by atoms with Gasteiger partial charge >= 0.3 is 6.09 Å². The predicted octanol–water partition coefficient (Wildman–Crippen LogP) is 5.29. The number of imide groups is 1. The first kappa shape index (κ1) is 25.2. The first-order valence-electron chi connectivity index (χ1n) is 11.4. The first-order valence-corrected chi connectivity index (χ1v) is 11.4. The Morgan fingerprint density at radius 3 is 2.24 bits per heavy atom. The van der Waals surface area contributed by atoms with Crippen molar-refractivity contribution < 1.29 is 28.2 Å². The highest BCUT2D eigenvalue weighted by atomic mass is 19.1. The standard InChI is InChI=1S/C26H31FN2O5/c1-6-28(26(3,4)5)25(32)34-22-16-18(27)13-14-21(22)33-15-9-10-17(2)29-23(30)19-11-7-8-12-20(19)24(29)31/h7-8,11-14,16-17H,6,9-10,15H2,1-5H3/t17-/m1/s1. The third-order valence-electron chi connectivity index (χ3n) is 5.74. The highest BCUT2D eigenvalue weighted by Crippen LogP contribution is 2.30. The first-order chi connectivity index (χ1) is 16.0. The number of fused-ring (bicyclic) bond motifs is 1. The Morgan fingerprint density at radius 2 is 1.68 bits per heavy atom. The predicted molar refractivity (Wildman–Crippen MR) is 126 cm³/mol. The molecule has 1 heterocycles. The second kappa shape index (κ2) is 10.2. The maximum Gasteiger partial charge on any atom is 0.415 e. The van der Waals surface area contributed by atoms with Gasteiger partial charge in [-0.05, 0) is 71.7 Å². The van der Waals surface area contributed by atoms with E-state index in [-0.39, 0.29) is 36.0 Å². The summed E-state index contributed by atoms with van der Waals surface area (Å²) in [5.74, 6) is -0.885. The zero-order valence-electron chi connectivity index (χ0n) is 20.3. The van der Waals surface area contributed by atoms with E-state index < -0.39 is 17.4 Å². The number of carbonyl (C=O) groups excluding carboxylic acids is 3. The van der Waals surface area contributed by atoms with Crippen molar-refractivity contribution >= 4 is 17.9 Å². The zero-order chi connectivity index (χ0) is 25.0. The maximum atomic E-state index is 13.8. The van der Waals surface area contributed by atoms with Gasteiger partial charge in [0.15, 0.2) is 11.5 Å². The summed E-state index contributed by atoms with van der Waals surface area (Å²) < 4.78 is 25.1. The largest absolute Gasteiger partial charge is 0.490 e. The van der Waals surface area contributed by atoms with E-state index in [1.165, 1.54) is 21.9 Å². The van der Waals surface area contributed by atoms with Crippen LogP contribution >= 0.6 is 0 Å². The summed E-state index contributed by atoms with van der Waals surface area (Å²) in [4.78, 5) is 40.7. The summed E-state index contributed by atoms with van der Waals surface area (Å²) in [5.41, 5.74) is 0.384. The summed E-state index contributed by atoms with van der Waals surface area (Å²) >= 11 is 0. The zero-order valence-corrected chi connectivity index (χ0v) is 20.3. The molecule has 3 rings (SSSR count). The Balaban J connectivity index is 1.59. The monoisotopic (exact) mass is 470 g/mol. The van der Waals surface area contributed by atoms with Crippen molar-refractivity contribution in [1.82, 2.24) is 9.80 Å². The molecule has 7 nitrogen and oxygen atoms in total. The van der Waals surface area contributed by atoms with Gasteiger partial charge in [-0.15, -0.1) is 0 Å². The van der Waals surface area contributed by atoms with Crippen LogP contribution in [0.5, 0.6) is 11.5 Å². The smallest absolute Gasteiger partial charge is 0.415 e. The Kier molecular flexibility index (Phi) is 7.59. The average molecular weight is 471 g/mol. The van der Waals surface area contributed by atoms with Crippen molar-refractivity contribution in [3.05, 3.63) is 59.4 Å². The van der Waals surface area contributed by atoms with E-state index in [1.54, 1.807) is 24.3 Å². The van der Waals surface area contributed by atoms with Crippen LogP contribution in [-0.2, 0) is 0 Å². The number of ether oxygens (including phenoxy) is 2. The fourth-order valence-electron chi connectivity index (χ4n) is 4.01. The molecule has 0 fully saturated rings. The number of amides is 3. The highest BCUT2D eigenvalue weighted by Gasteiger charge is 2.37. The lowest BCUT2D eigenvalue weighted by Crippen LogP contribution is -2.46. The molecule has 1 atom stereocenters. The summed E-state index contributed by atoms with van der Waals surface area (Å²) in [6, 6.07) is 10.2. The van der Waals surface area contributed by atoms with Crippen molar-refractivity contribution in [2.75, 3.05) is 13.2 Å². The van der Waals surface area contributed by atoms with Crippen molar-refractivity contribution in [2.45, 2.75) is 59.0 Å². The number of benzene rings is 2. The van der Waals surface area contributed by atoms with Gasteiger partial charge in [0.1, 0.15) is 5.82 Å². The van der Waals surface area contributed by atoms with E-state index in [9.17, 15) is 18.8 Å². The van der Waals surface area contributed by atoms with Gasteiger partial charge in [0.25, 0.3) is 11.8 Å². The van der Waals surface area contributed by atoms with Crippen LogP contribution in [0.2, 0.25) is 0 Å². The highest BCUT2D eigenvalue weighted by molar-refractivity contribution is 6.21. The molecule has 0 aromatic heterocycles. The molecule has 8 heteroatoms. The van der Waals surface area contributed by atoms with Gasteiger partial charge in [-0.2, -0.15) is 0 Å². The topological polar surface area (TPSA) is 76.2 Å². The minimum absolute atomic E-state index is 0.00102. The molecule has 0 unspecified atom stereocenters. The lowest BCUT2D eigenvalue weighted by atomic mass is 10.1. The van der Waals surface area contributed by atoms with Gasteiger partial charge in [-0.3, -0.25) is 14.5 Å². The normalized spacial score (nSPS) is 14.1. The van der Waals surface area contributed by atoms with Crippen molar-refractivity contribution in [2.24, 2.45) is 0 Å². The van der Waals surface area contributed by atoms with Crippen LogP contribution < -0.4 is 9.47 Å². The fourth-order valence-corrected chi connectivity index (χ4v) is 4.01. The summed E-state index contributed by atoms with van der Waals surface area (Å²) in [6.07, 6.45) is 0.461. The molecule has 0 spiro atoms. The van der Waals surface area contributed by atoms with Gasteiger partial charge in [0.05, 0.1) is 17.7 Å². The molecule has 0 aliphatic carbocycles. The molecule has 182 valence electrons. The third-order valence-corrected chi connectivity index (χ3v) is 5.74. The molecule has 0 saturated heterocycles. The maximum absolute atomic E-state index is 13.8. The Labute approximate surface area is 199 Å². The number of hydrogen-bond acceptors (Lipinski definition) is 5. The molecule has 0 N–H and O–H groups in total. The van der Waals surface area contributed by atoms with Gasteiger partial charge < -0.3 is 14.4 Å². The molecule has 0 saturated carbocycles. The number of carbonyl (C=O) groups is 3. The molecule has 0 radical (unpaired) electrons. The van der Waals surface area contributed by atoms with Crippen LogP contribution in [0.15, 0.2) is 42.5 Å². The van der Waals surface area contributed by atoms with Crippen LogP contribution in [0.1, 0.15) is 68.2 Å². The van der Waals surface area contributed by atoms with Crippen molar-refractivity contribution in [3.8, 4) is 11.5 Å². The second-order valence-electron chi connectivity index (χ2n) is 9.24. The van der Waals surface area contributed by atoms with Crippen LogP contribution in [0.25, 0.3) is 0 Å². The Morgan fingerprint density at radius 1 is 1.06 bits per heavy atom. The second-order valence-corrected chi connectivity index (χ2v) is 9.24. The minimum Gasteiger partial charge on any atom is -0.490 e. The third kappa shape index (κ3) is 5.38. The molecule has 1 aliphatic heterocycles. The summed E-state index contributed by atoms with van der Waals surface area (Å²) in [7, 11) is 0. The molecule has 0 bridgehead atoms. The van der Waals surface area contributed by atoms with Gasteiger partial charge in [-0.25, -0.2) is 9.18 Å². The fraction of sp³-hybridized carbons (Fsp3) is 0.423. The molecule has 34 heavy (non-hydrogen) atoms. The SMILES string of the molecule is CCN(C(=O)Oc1cc(F)ccc1OCCC[C@@H](C)N1C(=O)c2ccccc2C1=O)C(C)(C)C. The molecular weight excluding hydrogens is 439 g/mol. The van der Waals surface area contributed by atoms with Gasteiger partial charge in [0, 0.05) is 24.2 Å². The van der Waals surface area contributed by atoms with Gasteiger partial charge in [0.2, 0.25) is 0 Å². The minimum atomic E-state index is -0.593. The lowest BCUT2D eigenvalue weighted by Gasteiger charge is -2.33. The van der Waals surface area contributed by atoms with Crippen LogP contribution in [-0.4, -0.2) is 52.4 Å². The number of rotatable bonds is 8.